The summed E-state index contributed by atoms with van der Waals surface area (Å²) in [5.74, 6) is 1.54. The third-order valence-electron chi connectivity index (χ3n) is 5.81. The van der Waals surface area contributed by atoms with E-state index in [-0.39, 0.29) is 10.7 Å². The van der Waals surface area contributed by atoms with Gasteiger partial charge in [-0.2, -0.15) is 0 Å². The molecule has 1 aromatic rings. The SMILES string of the molecule is CC(C)S(=O)(=O)CC1CCC(CCc2ccc(C(C)(C)C)cc2)CC1. The van der Waals surface area contributed by atoms with Gasteiger partial charge in [0, 0.05) is 0 Å². The summed E-state index contributed by atoms with van der Waals surface area (Å²) in [5.41, 5.74) is 3.04. The first-order chi connectivity index (χ1) is 11.6. The van der Waals surface area contributed by atoms with E-state index in [0.717, 1.165) is 25.2 Å². The zero-order chi connectivity index (χ0) is 18.7. The summed E-state index contributed by atoms with van der Waals surface area (Å²) in [7, 11) is -2.89. The van der Waals surface area contributed by atoms with Gasteiger partial charge in [0.2, 0.25) is 0 Å². The fraction of sp³-hybridized carbons (Fsp3) is 0.727. The Balaban J connectivity index is 1.77. The molecule has 1 aliphatic carbocycles. The predicted octanol–water partition coefficient (Wildman–Crippen LogP) is 5.55. The monoisotopic (exact) mass is 364 g/mol. The van der Waals surface area contributed by atoms with Gasteiger partial charge >= 0.3 is 0 Å². The third-order valence-corrected chi connectivity index (χ3v) is 8.19. The van der Waals surface area contributed by atoms with Crippen molar-refractivity contribution < 1.29 is 8.42 Å². The minimum absolute atomic E-state index is 0.216. The summed E-state index contributed by atoms with van der Waals surface area (Å²) in [6.45, 7) is 10.3. The topological polar surface area (TPSA) is 34.1 Å². The van der Waals surface area contributed by atoms with Gasteiger partial charge in [-0.25, -0.2) is 8.42 Å². The molecule has 3 heteroatoms. The van der Waals surface area contributed by atoms with Crippen molar-refractivity contribution in [1.82, 2.24) is 0 Å². The van der Waals surface area contributed by atoms with Crippen molar-refractivity contribution in [3.63, 3.8) is 0 Å². The standard InChI is InChI=1S/C22H36O2S/c1-17(2)25(23,24)16-20-10-8-18(9-11-20)6-7-19-12-14-21(15-13-19)22(3,4)5/h12-15,17-18,20H,6-11,16H2,1-5H3. The van der Waals surface area contributed by atoms with Crippen molar-refractivity contribution in [2.45, 2.75) is 83.8 Å². The lowest BCUT2D eigenvalue weighted by Gasteiger charge is -2.29. The van der Waals surface area contributed by atoms with Gasteiger partial charge < -0.3 is 0 Å². The molecule has 0 atom stereocenters. The molecule has 0 saturated heterocycles. The molecule has 2 rings (SSSR count). The van der Waals surface area contributed by atoms with E-state index in [2.05, 4.69) is 45.0 Å². The van der Waals surface area contributed by atoms with Crippen LogP contribution in [-0.4, -0.2) is 19.4 Å². The van der Waals surface area contributed by atoms with E-state index in [1.54, 1.807) is 13.8 Å². The summed E-state index contributed by atoms with van der Waals surface area (Å²) >= 11 is 0. The zero-order valence-corrected chi connectivity index (χ0v) is 17.5. The van der Waals surface area contributed by atoms with E-state index < -0.39 is 9.84 Å². The first-order valence-corrected chi connectivity index (χ1v) is 11.6. The van der Waals surface area contributed by atoms with E-state index in [4.69, 9.17) is 0 Å². The van der Waals surface area contributed by atoms with Crippen molar-refractivity contribution in [3.8, 4) is 0 Å². The fourth-order valence-corrected chi connectivity index (χ4v) is 5.13. The molecular formula is C22H36O2S. The Hall–Kier alpha value is -0.830. The van der Waals surface area contributed by atoms with Gasteiger partial charge in [-0.15, -0.1) is 0 Å². The van der Waals surface area contributed by atoms with Gasteiger partial charge in [0.25, 0.3) is 0 Å². The highest BCUT2D eigenvalue weighted by Crippen LogP contribution is 2.33. The quantitative estimate of drug-likeness (QED) is 0.663. The van der Waals surface area contributed by atoms with Crippen LogP contribution in [0.2, 0.25) is 0 Å². The van der Waals surface area contributed by atoms with Crippen LogP contribution >= 0.6 is 0 Å². The van der Waals surface area contributed by atoms with Crippen LogP contribution in [0.5, 0.6) is 0 Å². The van der Waals surface area contributed by atoms with Crippen LogP contribution in [0.3, 0.4) is 0 Å². The largest absolute Gasteiger partial charge is 0.229 e. The molecule has 142 valence electrons. The van der Waals surface area contributed by atoms with E-state index >= 15 is 0 Å². The van der Waals surface area contributed by atoms with Gasteiger partial charge in [-0.1, -0.05) is 57.9 Å². The Bertz CT molecular complexity index is 628. The van der Waals surface area contributed by atoms with Crippen LogP contribution in [0, 0.1) is 11.8 Å². The van der Waals surface area contributed by atoms with Gasteiger partial charge in [0.15, 0.2) is 9.84 Å². The summed E-state index contributed by atoms with van der Waals surface area (Å²) < 4.78 is 24.2. The number of benzene rings is 1. The zero-order valence-electron chi connectivity index (χ0n) is 16.7. The molecule has 1 aromatic carbocycles. The molecule has 25 heavy (non-hydrogen) atoms. The number of sulfone groups is 1. The summed E-state index contributed by atoms with van der Waals surface area (Å²) in [5, 5.41) is -0.235. The van der Waals surface area contributed by atoms with Crippen LogP contribution < -0.4 is 0 Å². The first-order valence-electron chi connectivity index (χ1n) is 9.89. The highest BCUT2D eigenvalue weighted by molar-refractivity contribution is 7.91. The molecular weight excluding hydrogens is 328 g/mol. The Kier molecular flexibility index (Phi) is 6.75. The molecule has 0 N–H and O–H groups in total. The molecule has 0 spiro atoms. The average molecular weight is 365 g/mol. The lowest BCUT2D eigenvalue weighted by atomic mass is 9.80. The molecule has 0 aliphatic heterocycles. The maximum Gasteiger partial charge on any atom is 0.152 e. The smallest absolute Gasteiger partial charge is 0.152 e. The highest BCUT2D eigenvalue weighted by Gasteiger charge is 2.27. The second-order valence-electron chi connectivity index (χ2n) is 9.25. The van der Waals surface area contributed by atoms with Crippen molar-refractivity contribution in [2.75, 3.05) is 5.75 Å². The Morgan fingerprint density at radius 3 is 1.96 bits per heavy atom. The van der Waals surface area contributed by atoms with Gasteiger partial charge in [0.05, 0.1) is 11.0 Å². The van der Waals surface area contributed by atoms with Crippen molar-refractivity contribution in [3.05, 3.63) is 35.4 Å². The molecule has 0 radical (unpaired) electrons. The third kappa shape index (κ3) is 6.13. The van der Waals surface area contributed by atoms with E-state index in [1.807, 2.05) is 0 Å². The molecule has 0 unspecified atom stereocenters. The maximum absolute atomic E-state index is 12.1. The number of rotatable bonds is 6. The molecule has 2 nitrogen and oxygen atoms in total. The lowest BCUT2D eigenvalue weighted by Crippen LogP contribution is -2.26. The van der Waals surface area contributed by atoms with Crippen molar-refractivity contribution >= 4 is 9.84 Å². The van der Waals surface area contributed by atoms with Gasteiger partial charge in [0.1, 0.15) is 0 Å². The van der Waals surface area contributed by atoms with Gasteiger partial charge in [-0.3, -0.25) is 0 Å². The molecule has 0 heterocycles. The average Bonchev–Trinajstić information content (AvgIpc) is 2.53. The van der Waals surface area contributed by atoms with Crippen LogP contribution in [0.25, 0.3) is 0 Å². The Morgan fingerprint density at radius 1 is 0.960 bits per heavy atom. The van der Waals surface area contributed by atoms with Crippen LogP contribution in [-0.2, 0) is 21.7 Å². The van der Waals surface area contributed by atoms with Crippen LogP contribution in [0.4, 0.5) is 0 Å². The molecule has 1 fully saturated rings. The maximum atomic E-state index is 12.1. The summed E-state index contributed by atoms with van der Waals surface area (Å²) in [6, 6.07) is 9.09. The first kappa shape index (κ1) is 20.5. The molecule has 0 amide bonds. The summed E-state index contributed by atoms with van der Waals surface area (Å²) in [6.07, 6.45) is 6.93. The normalized spacial score (nSPS) is 22.3. The van der Waals surface area contributed by atoms with Crippen LogP contribution in [0.1, 0.15) is 77.8 Å². The fourth-order valence-electron chi connectivity index (χ4n) is 3.75. The van der Waals surface area contributed by atoms with Crippen molar-refractivity contribution in [2.24, 2.45) is 11.8 Å². The van der Waals surface area contributed by atoms with Crippen molar-refractivity contribution in [1.29, 1.82) is 0 Å². The Morgan fingerprint density at radius 2 is 1.48 bits per heavy atom. The second-order valence-corrected chi connectivity index (χ2v) is 11.9. The number of aryl methyl sites for hydroxylation is 1. The minimum Gasteiger partial charge on any atom is -0.229 e. The lowest BCUT2D eigenvalue weighted by molar-refractivity contribution is 0.278. The Labute approximate surface area is 155 Å². The molecule has 0 bridgehead atoms. The van der Waals surface area contributed by atoms with E-state index in [9.17, 15) is 8.42 Å². The number of hydrogen-bond acceptors (Lipinski definition) is 2. The summed E-state index contributed by atoms with van der Waals surface area (Å²) in [4.78, 5) is 0. The highest BCUT2D eigenvalue weighted by atomic mass is 32.2. The molecule has 0 aromatic heterocycles. The van der Waals surface area contributed by atoms with E-state index in [1.165, 1.54) is 30.4 Å². The predicted molar refractivity (Wildman–Crippen MR) is 108 cm³/mol. The number of hydrogen-bond donors (Lipinski definition) is 0. The van der Waals surface area contributed by atoms with Gasteiger partial charge in [-0.05, 0) is 67.9 Å². The molecule has 1 aliphatic rings. The second kappa shape index (κ2) is 8.24. The minimum atomic E-state index is -2.89. The molecule has 1 saturated carbocycles. The van der Waals surface area contributed by atoms with Crippen LogP contribution in [0.15, 0.2) is 24.3 Å². The van der Waals surface area contributed by atoms with E-state index in [0.29, 0.717) is 11.7 Å².